The summed E-state index contributed by atoms with van der Waals surface area (Å²) < 4.78 is 7.42. The standard InChI is InChI=1S/C24H18ClN5O2S2/c1-15-8-10-16(11-9-15)26-23(31)18-13-33-21(27-18)14-34-24-29-28-22(20-7-4-12-32-20)30(24)19-6-3-2-5-17(19)25/h2-13H,14H2,1H3,(H,26,31). The molecular formula is C24H18ClN5O2S2. The Morgan fingerprint density at radius 2 is 1.94 bits per heavy atom. The Balaban J connectivity index is 1.35. The van der Waals surface area contributed by atoms with E-state index in [4.69, 9.17) is 16.0 Å². The average molecular weight is 508 g/mol. The van der Waals surface area contributed by atoms with Crippen LogP contribution in [0.25, 0.3) is 17.3 Å². The molecule has 0 saturated heterocycles. The van der Waals surface area contributed by atoms with Gasteiger partial charge in [-0.2, -0.15) is 0 Å². The minimum atomic E-state index is -0.240. The molecule has 0 aliphatic carbocycles. The Morgan fingerprint density at radius 1 is 1.12 bits per heavy atom. The lowest BCUT2D eigenvalue weighted by atomic mass is 10.2. The molecule has 0 spiro atoms. The Labute approximate surface area is 208 Å². The van der Waals surface area contributed by atoms with Gasteiger partial charge in [-0.1, -0.05) is 53.2 Å². The van der Waals surface area contributed by atoms with E-state index in [1.165, 1.54) is 23.1 Å². The van der Waals surface area contributed by atoms with Gasteiger partial charge >= 0.3 is 0 Å². The minimum Gasteiger partial charge on any atom is -0.461 e. The molecule has 0 saturated carbocycles. The van der Waals surface area contributed by atoms with Crippen molar-refractivity contribution >= 4 is 46.3 Å². The van der Waals surface area contributed by atoms with Gasteiger partial charge < -0.3 is 9.73 Å². The molecule has 0 atom stereocenters. The van der Waals surface area contributed by atoms with E-state index in [9.17, 15) is 4.79 Å². The van der Waals surface area contributed by atoms with Crippen molar-refractivity contribution in [1.29, 1.82) is 0 Å². The fourth-order valence-corrected chi connectivity index (χ4v) is 5.18. The molecule has 34 heavy (non-hydrogen) atoms. The Morgan fingerprint density at radius 3 is 2.71 bits per heavy atom. The maximum absolute atomic E-state index is 12.6. The van der Waals surface area contributed by atoms with Gasteiger partial charge in [0.05, 0.1) is 22.7 Å². The normalized spacial score (nSPS) is 11.0. The number of thiazole rings is 1. The van der Waals surface area contributed by atoms with Crippen LogP contribution in [0, 0.1) is 6.92 Å². The summed E-state index contributed by atoms with van der Waals surface area (Å²) in [5.74, 6) is 1.42. The minimum absolute atomic E-state index is 0.240. The van der Waals surface area contributed by atoms with Crippen LogP contribution in [0.1, 0.15) is 21.1 Å². The number of furan rings is 1. The SMILES string of the molecule is Cc1ccc(NC(=O)c2csc(CSc3nnc(-c4ccco4)n3-c3ccccc3Cl)n2)cc1. The van der Waals surface area contributed by atoms with Crippen molar-refractivity contribution in [2.45, 2.75) is 17.8 Å². The predicted molar refractivity (Wildman–Crippen MR) is 135 cm³/mol. The van der Waals surface area contributed by atoms with Crippen LogP contribution in [0.2, 0.25) is 5.02 Å². The fraction of sp³-hybridized carbons (Fsp3) is 0.0833. The topological polar surface area (TPSA) is 85.8 Å². The molecule has 5 aromatic rings. The smallest absolute Gasteiger partial charge is 0.275 e. The Hall–Kier alpha value is -3.40. The van der Waals surface area contributed by atoms with Gasteiger partial charge in [-0.25, -0.2) is 4.98 Å². The molecule has 1 amide bonds. The number of carbonyl (C=O) groups is 1. The second kappa shape index (κ2) is 9.84. The highest BCUT2D eigenvalue weighted by atomic mass is 35.5. The number of para-hydroxylation sites is 1. The number of thioether (sulfide) groups is 1. The number of nitrogens with one attached hydrogen (secondary N) is 1. The summed E-state index contributed by atoms with van der Waals surface area (Å²) in [5, 5.41) is 15.3. The number of carbonyl (C=O) groups excluding carboxylic acids is 1. The van der Waals surface area contributed by atoms with E-state index in [0.717, 1.165) is 21.9 Å². The first-order chi connectivity index (χ1) is 16.6. The molecule has 7 nitrogen and oxygen atoms in total. The van der Waals surface area contributed by atoms with E-state index in [2.05, 4.69) is 20.5 Å². The molecule has 5 rings (SSSR count). The maximum atomic E-state index is 12.6. The number of aromatic nitrogens is 4. The summed E-state index contributed by atoms with van der Waals surface area (Å²) in [6.07, 6.45) is 1.59. The first-order valence-electron chi connectivity index (χ1n) is 10.3. The summed E-state index contributed by atoms with van der Waals surface area (Å²) in [4.78, 5) is 17.1. The molecule has 0 radical (unpaired) electrons. The van der Waals surface area contributed by atoms with Gasteiger partial charge in [0.2, 0.25) is 5.82 Å². The molecule has 1 N–H and O–H groups in total. The second-order valence-corrected chi connectivity index (χ2v) is 9.60. The molecule has 0 fully saturated rings. The summed E-state index contributed by atoms with van der Waals surface area (Å²) >= 11 is 9.36. The number of amides is 1. The van der Waals surface area contributed by atoms with Gasteiger partial charge in [-0.15, -0.1) is 21.5 Å². The van der Waals surface area contributed by atoms with Gasteiger partial charge in [0.25, 0.3) is 5.91 Å². The molecule has 3 heterocycles. The number of benzene rings is 2. The first kappa shape index (κ1) is 22.4. The van der Waals surface area contributed by atoms with Crippen LogP contribution in [0.5, 0.6) is 0 Å². The van der Waals surface area contributed by atoms with Crippen LogP contribution in [0.15, 0.2) is 81.9 Å². The van der Waals surface area contributed by atoms with Crippen molar-refractivity contribution in [1.82, 2.24) is 19.7 Å². The first-order valence-corrected chi connectivity index (χ1v) is 12.5. The van der Waals surface area contributed by atoms with Gasteiger partial charge in [0.1, 0.15) is 10.7 Å². The van der Waals surface area contributed by atoms with E-state index in [1.807, 2.05) is 66.1 Å². The fourth-order valence-electron chi connectivity index (χ4n) is 3.22. The van der Waals surface area contributed by atoms with Crippen LogP contribution in [0.3, 0.4) is 0 Å². The van der Waals surface area contributed by atoms with Crippen LogP contribution < -0.4 is 5.32 Å². The van der Waals surface area contributed by atoms with E-state index in [0.29, 0.717) is 33.2 Å². The highest BCUT2D eigenvalue weighted by molar-refractivity contribution is 7.98. The lowest BCUT2D eigenvalue weighted by Crippen LogP contribution is -2.12. The number of rotatable bonds is 7. The molecule has 2 aromatic carbocycles. The van der Waals surface area contributed by atoms with Crippen molar-refractivity contribution < 1.29 is 9.21 Å². The van der Waals surface area contributed by atoms with E-state index in [1.54, 1.807) is 17.7 Å². The predicted octanol–water partition coefficient (Wildman–Crippen LogP) is 6.49. The molecule has 0 bridgehead atoms. The molecule has 0 unspecified atom stereocenters. The summed E-state index contributed by atoms with van der Waals surface area (Å²) in [7, 11) is 0. The van der Waals surface area contributed by atoms with E-state index >= 15 is 0 Å². The molecule has 10 heteroatoms. The van der Waals surface area contributed by atoms with Crippen molar-refractivity contribution in [3.63, 3.8) is 0 Å². The summed E-state index contributed by atoms with van der Waals surface area (Å²) in [6, 6.07) is 18.8. The number of halogens is 1. The lowest BCUT2D eigenvalue weighted by molar-refractivity contribution is 0.102. The van der Waals surface area contributed by atoms with Crippen LogP contribution in [-0.4, -0.2) is 25.7 Å². The third-order valence-electron chi connectivity index (χ3n) is 4.89. The van der Waals surface area contributed by atoms with Gasteiger partial charge in [0, 0.05) is 11.1 Å². The zero-order valence-electron chi connectivity index (χ0n) is 17.9. The molecule has 170 valence electrons. The highest BCUT2D eigenvalue weighted by Gasteiger charge is 2.20. The largest absolute Gasteiger partial charge is 0.461 e. The summed E-state index contributed by atoms with van der Waals surface area (Å²) in [5.41, 5.74) is 2.99. The van der Waals surface area contributed by atoms with Crippen LogP contribution in [0.4, 0.5) is 5.69 Å². The molecule has 0 aliphatic heterocycles. The third kappa shape index (κ3) is 4.77. The lowest BCUT2D eigenvalue weighted by Gasteiger charge is -2.10. The maximum Gasteiger partial charge on any atom is 0.275 e. The molecule has 0 aliphatic rings. The number of nitrogens with zero attached hydrogens (tertiary/aromatic N) is 4. The van der Waals surface area contributed by atoms with Crippen LogP contribution in [-0.2, 0) is 5.75 Å². The zero-order valence-corrected chi connectivity index (χ0v) is 20.3. The van der Waals surface area contributed by atoms with E-state index in [-0.39, 0.29) is 5.91 Å². The van der Waals surface area contributed by atoms with Gasteiger partial charge in [0.15, 0.2) is 10.9 Å². The van der Waals surface area contributed by atoms with Gasteiger partial charge in [-0.3, -0.25) is 9.36 Å². The quantitative estimate of drug-likeness (QED) is 0.253. The monoisotopic (exact) mass is 507 g/mol. The highest BCUT2D eigenvalue weighted by Crippen LogP contribution is 2.33. The number of anilines is 1. The molecular weight excluding hydrogens is 490 g/mol. The number of aryl methyl sites for hydroxylation is 1. The van der Waals surface area contributed by atoms with E-state index < -0.39 is 0 Å². The van der Waals surface area contributed by atoms with Crippen LogP contribution >= 0.6 is 34.7 Å². The van der Waals surface area contributed by atoms with Gasteiger partial charge in [-0.05, 0) is 43.3 Å². The van der Waals surface area contributed by atoms with Crippen molar-refractivity contribution in [2.75, 3.05) is 5.32 Å². The van der Waals surface area contributed by atoms with Crippen molar-refractivity contribution in [2.24, 2.45) is 0 Å². The second-order valence-electron chi connectivity index (χ2n) is 7.31. The number of hydrogen-bond donors (Lipinski definition) is 1. The zero-order chi connectivity index (χ0) is 23.5. The average Bonchev–Trinajstić information content (AvgIpc) is 3.60. The number of hydrogen-bond acceptors (Lipinski definition) is 7. The van der Waals surface area contributed by atoms with Crippen molar-refractivity contribution in [3.05, 3.63) is 93.6 Å². The Kier molecular flexibility index (Phi) is 6.48. The third-order valence-corrected chi connectivity index (χ3v) is 7.18. The summed E-state index contributed by atoms with van der Waals surface area (Å²) in [6.45, 7) is 2.00. The Bertz CT molecular complexity index is 1430. The van der Waals surface area contributed by atoms with Crippen molar-refractivity contribution in [3.8, 4) is 17.3 Å². The molecule has 3 aromatic heterocycles.